The van der Waals surface area contributed by atoms with Gasteiger partial charge in [-0.2, -0.15) is 0 Å². The lowest BCUT2D eigenvalue weighted by Crippen LogP contribution is -1.94. The van der Waals surface area contributed by atoms with Crippen molar-refractivity contribution in [3.8, 4) is 0 Å². The molecule has 0 atom stereocenters. The molecule has 1 aromatic rings. The summed E-state index contributed by atoms with van der Waals surface area (Å²) in [4.78, 5) is 0. The summed E-state index contributed by atoms with van der Waals surface area (Å²) in [5.74, 6) is -0.329. The highest BCUT2D eigenvalue weighted by molar-refractivity contribution is 9.10. The minimum absolute atomic E-state index is 0.329. The Kier molecular flexibility index (Phi) is 2.81. The van der Waals surface area contributed by atoms with Gasteiger partial charge in [0, 0.05) is 5.56 Å². The van der Waals surface area contributed by atoms with Crippen molar-refractivity contribution in [1.29, 1.82) is 0 Å². The maximum Gasteiger partial charge on any atom is 0.137 e. The predicted molar refractivity (Wildman–Crippen MR) is 48.1 cm³/mol. The Morgan fingerprint density at radius 3 is 2.75 bits per heavy atom. The second-order valence-corrected chi connectivity index (χ2v) is 3.17. The van der Waals surface area contributed by atoms with E-state index >= 15 is 0 Å². The molecule has 0 aromatic heterocycles. The van der Waals surface area contributed by atoms with Gasteiger partial charge in [0.1, 0.15) is 5.82 Å². The number of nitrogens with zero attached hydrogens (tertiary/aromatic N) is 1. The molecule has 4 heteroatoms. The van der Waals surface area contributed by atoms with Crippen molar-refractivity contribution >= 4 is 21.6 Å². The molecule has 64 valence electrons. The predicted octanol–water partition coefficient (Wildman–Crippen LogP) is 2.79. The summed E-state index contributed by atoms with van der Waals surface area (Å²) in [7, 11) is 0. The quantitative estimate of drug-likeness (QED) is 0.450. The van der Waals surface area contributed by atoms with Gasteiger partial charge in [0.2, 0.25) is 0 Å². The van der Waals surface area contributed by atoms with Crippen LogP contribution in [0.2, 0.25) is 0 Å². The summed E-state index contributed by atoms with van der Waals surface area (Å²) in [5.41, 5.74) is 1.14. The van der Waals surface area contributed by atoms with Gasteiger partial charge in [0.15, 0.2) is 0 Å². The molecule has 0 aliphatic rings. The Labute approximate surface area is 77.8 Å². The Bertz CT molecular complexity index is 325. The maximum atomic E-state index is 12.7. The van der Waals surface area contributed by atoms with Gasteiger partial charge in [-0.15, -0.1) is 0 Å². The lowest BCUT2D eigenvalue weighted by Gasteiger charge is -1.99. The average molecular weight is 232 g/mol. The minimum Gasteiger partial charge on any atom is -0.411 e. The van der Waals surface area contributed by atoms with Crippen LogP contribution < -0.4 is 0 Å². The summed E-state index contributed by atoms with van der Waals surface area (Å²) in [6.07, 6.45) is 0. The lowest BCUT2D eigenvalue weighted by molar-refractivity contribution is 0.319. The lowest BCUT2D eigenvalue weighted by atomic mass is 10.1. The molecule has 0 heterocycles. The van der Waals surface area contributed by atoms with Gasteiger partial charge in [0.25, 0.3) is 0 Å². The molecule has 0 aliphatic heterocycles. The van der Waals surface area contributed by atoms with Crippen molar-refractivity contribution in [3.05, 3.63) is 34.1 Å². The van der Waals surface area contributed by atoms with E-state index in [1.54, 1.807) is 19.1 Å². The van der Waals surface area contributed by atoms with Gasteiger partial charge in [-0.1, -0.05) is 11.2 Å². The highest BCUT2D eigenvalue weighted by Crippen LogP contribution is 2.17. The number of halogens is 2. The summed E-state index contributed by atoms with van der Waals surface area (Å²) in [6, 6.07) is 4.42. The van der Waals surface area contributed by atoms with Crippen molar-refractivity contribution in [2.45, 2.75) is 6.92 Å². The summed E-state index contributed by atoms with van der Waals surface area (Å²) < 4.78 is 13.1. The van der Waals surface area contributed by atoms with Crippen molar-refractivity contribution in [3.63, 3.8) is 0 Å². The van der Waals surface area contributed by atoms with Crippen molar-refractivity contribution in [2.24, 2.45) is 5.16 Å². The van der Waals surface area contributed by atoms with E-state index in [-0.39, 0.29) is 5.82 Å². The number of benzene rings is 1. The Hall–Kier alpha value is -0.900. The fraction of sp³-hybridized carbons (Fsp3) is 0.125. The number of hydrogen-bond acceptors (Lipinski definition) is 2. The molecule has 1 rings (SSSR count). The maximum absolute atomic E-state index is 12.7. The number of oxime groups is 1. The first-order chi connectivity index (χ1) is 5.65. The largest absolute Gasteiger partial charge is 0.411 e. The zero-order chi connectivity index (χ0) is 9.14. The molecular formula is C8H7BrFNO. The third-order valence-corrected chi connectivity index (χ3v) is 2.10. The van der Waals surface area contributed by atoms with Crippen LogP contribution in [0.3, 0.4) is 0 Å². The fourth-order valence-electron chi connectivity index (χ4n) is 0.779. The van der Waals surface area contributed by atoms with E-state index in [0.717, 1.165) is 0 Å². The van der Waals surface area contributed by atoms with Crippen molar-refractivity contribution in [2.75, 3.05) is 0 Å². The van der Waals surface area contributed by atoms with E-state index in [0.29, 0.717) is 15.7 Å². The van der Waals surface area contributed by atoms with Gasteiger partial charge in [-0.3, -0.25) is 0 Å². The number of rotatable bonds is 1. The highest BCUT2D eigenvalue weighted by atomic mass is 79.9. The third-order valence-electron chi connectivity index (χ3n) is 1.49. The number of hydrogen-bond donors (Lipinski definition) is 1. The van der Waals surface area contributed by atoms with Crippen LogP contribution in [-0.2, 0) is 0 Å². The Balaban J connectivity index is 3.13. The Morgan fingerprint density at radius 2 is 2.25 bits per heavy atom. The van der Waals surface area contributed by atoms with Crippen LogP contribution in [0.15, 0.2) is 27.8 Å². The molecule has 0 saturated heterocycles. The molecule has 0 bridgehead atoms. The van der Waals surface area contributed by atoms with Gasteiger partial charge in [0.05, 0.1) is 10.2 Å². The standard InChI is InChI=1S/C8H7BrFNO/c1-5(11-12)6-2-3-8(10)7(9)4-6/h2-4,12H,1H3/b11-5-. The average Bonchev–Trinajstić information content (AvgIpc) is 2.08. The monoisotopic (exact) mass is 231 g/mol. The summed E-state index contributed by atoms with van der Waals surface area (Å²) in [5, 5.41) is 11.4. The van der Waals surface area contributed by atoms with Crippen LogP contribution in [0.4, 0.5) is 4.39 Å². The topological polar surface area (TPSA) is 32.6 Å². The van der Waals surface area contributed by atoms with Crippen LogP contribution in [0.1, 0.15) is 12.5 Å². The van der Waals surface area contributed by atoms with Gasteiger partial charge in [-0.05, 0) is 35.0 Å². The smallest absolute Gasteiger partial charge is 0.137 e. The molecule has 0 spiro atoms. The van der Waals surface area contributed by atoms with Crippen LogP contribution in [0.25, 0.3) is 0 Å². The van der Waals surface area contributed by atoms with E-state index in [4.69, 9.17) is 5.21 Å². The molecule has 0 saturated carbocycles. The SMILES string of the molecule is C/C(=N/O)c1ccc(F)c(Br)c1. The zero-order valence-corrected chi connectivity index (χ0v) is 7.97. The summed E-state index contributed by atoms with van der Waals surface area (Å²) in [6.45, 7) is 1.64. The van der Waals surface area contributed by atoms with Crippen LogP contribution in [-0.4, -0.2) is 10.9 Å². The van der Waals surface area contributed by atoms with Crippen LogP contribution in [0, 0.1) is 5.82 Å². The van der Waals surface area contributed by atoms with Gasteiger partial charge >= 0.3 is 0 Å². The third kappa shape index (κ3) is 1.82. The second kappa shape index (κ2) is 3.67. The molecule has 0 fully saturated rings. The minimum atomic E-state index is -0.329. The van der Waals surface area contributed by atoms with Gasteiger partial charge < -0.3 is 5.21 Å². The first kappa shape index (κ1) is 9.19. The molecule has 0 radical (unpaired) electrons. The zero-order valence-electron chi connectivity index (χ0n) is 6.38. The second-order valence-electron chi connectivity index (χ2n) is 2.31. The molecule has 2 nitrogen and oxygen atoms in total. The van der Waals surface area contributed by atoms with E-state index in [2.05, 4.69) is 21.1 Å². The first-order valence-corrected chi connectivity index (χ1v) is 4.08. The molecule has 12 heavy (non-hydrogen) atoms. The van der Waals surface area contributed by atoms with E-state index in [1.807, 2.05) is 0 Å². The Morgan fingerprint density at radius 1 is 1.58 bits per heavy atom. The molecule has 0 aliphatic carbocycles. The normalized spacial score (nSPS) is 11.8. The molecule has 0 amide bonds. The van der Waals surface area contributed by atoms with Crippen molar-refractivity contribution < 1.29 is 9.60 Å². The van der Waals surface area contributed by atoms with E-state index in [1.165, 1.54) is 6.07 Å². The van der Waals surface area contributed by atoms with Crippen LogP contribution in [0.5, 0.6) is 0 Å². The molecule has 1 aromatic carbocycles. The first-order valence-electron chi connectivity index (χ1n) is 3.29. The van der Waals surface area contributed by atoms with Gasteiger partial charge in [-0.25, -0.2) is 4.39 Å². The summed E-state index contributed by atoms with van der Waals surface area (Å²) >= 11 is 3.03. The molecule has 1 N–H and O–H groups in total. The molecular weight excluding hydrogens is 225 g/mol. The fourth-order valence-corrected chi connectivity index (χ4v) is 1.16. The molecule has 0 unspecified atom stereocenters. The van der Waals surface area contributed by atoms with E-state index < -0.39 is 0 Å². The van der Waals surface area contributed by atoms with Crippen molar-refractivity contribution in [1.82, 2.24) is 0 Å². The van der Waals surface area contributed by atoms with Crippen LogP contribution >= 0.6 is 15.9 Å². The van der Waals surface area contributed by atoms with E-state index in [9.17, 15) is 4.39 Å². The highest BCUT2D eigenvalue weighted by Gasteiger charge is 2.02.